The highest BCUT2D eigenvalue weighted by atomic mass is 16.2. The Morgan fingerprint density at radius 2 is 2.04 bits per heavy atom. The van der Waals surface area contributed by atoms with Gasteiger partial charge in [-0.3, -0.25) is 15.1 Å². The molecule has 3 aromatic rings. The van der Waals surface area contributed by atoms with Crippen molar-refractivity contribution in [2.75, 3.05) is 5.32 Å². The number of hydrogen-bond donors (Lipinski definition) is 3. The summed E-state index contributed by atoms with van der Waals surface area (Å²) in [5, 5.41) is 16.6. The van der Waals surface area contributed by atoms with E-state index >= 15 is 0 Å². The summed E-state index contributed by atoms with van der Waals surface area (Å²) in [5.74, 6) is 1.51. The third-order valence-electron chi connectivity index (χ3n) is 3.81. The first-order valence-electron chi connectivity index (χ1n) is 8.60. The van der Waals surface area contributed by atoms with Crippen LogP contribution in [-0.4, -0.2) is 31.0 Å². The van der Waals surface area contributed by atoms with E-state index in [2.05, 4.69) is 44.8 Å². The number of urea groups is 1. The molecule has 0 radical (unpaired) electrons. The highest BCUT2D eigenvalue weighted by molar-refractivity contribution is 5.87. The molecule has 2 heterocycles. The standard InChI is InChI=1S/C18H23N7O/c1-13(2)10-16-21-17(24-23-16)22-18(26)19-11-14-6-3-4-7-15(14)12-25-9-5-8-20-25/h3-9,13H,10-12H2,1-2H3,(H3,19,21,22,23,24,26). The van der Waals surface area contributed by atoms with Gasteiger partial charge < -0.3 is 5.32 Å². The Hall–Kier alpha value is -3.16. The summed E-state index contributed by atoms with van der Waals surface area (Å²) in [5.41, 5.74) is 2.14. The van der Waals surface area contributed by atoms with E-state index < -0.39 is 0 Å². The Labute approximate surface area is 152 Å². The number of H-pyrrole nitrogens is 1. The zero-order chi connectivity index (χ0) is 18.4. The van der Waals surface area contributed by atoms with Gasteiger partial charge in [-0.15, -0.1) is 5.10 Å². The summed E-state index contributed by atoms with van der Waals surface area (Å²) < 4.78 is 1.85. The van der Waals surface area contributed by atoms with Gasteiger partial charge in [-0.25, -0.2) is 4.79 Å². The van der Waals surface area contributed by atoms with Crippen LogP contribution < -0.4 is 10.6 Å². The molecule has 2 aromatic heterocycles. The van der Waals surface area contributed by atoms with Crippen molar-refractivity contribution in [2.24, 2.45) is 5.92 Å². The van der Waals surface area contributed by atoms with Crippen molar-refractivity contribution in [1.82, 2.24) is 30.3 Å². The van der Waals surface area contributed by atoms with Crippen LogP contribution in [0.4, 0.5) is 10.7 Å². The maximum Gasteiger partial charge on any atom is 0.321 e. The van der Waals surface area contributed by atoms with Gasteiger partial charge in [0.1, 0.15) is 5.82 Å². The Bertz CT molecular complexity index is 839. The van der Waals surface area contributed by atoms with Crippen LogP contribution in [0, 0.1) is 5.92 Å². The van der Waals surface area contributed by atoms with E-state index in [1.807, 2.05) is 41.2 Å². The first-order valence-corrected chi connectivity index (χ1v) is 8.60. The van der Waals surface area contributed by atoms with Crippen LogP contribution >= 0.6 is 0 Å². The highest BCUT2D eigenvalue weighted by Crippen LogP contribution is 2.10. The van der Waals surface area contributed by atoms with E-state index in [0.717, 1.165) is 23.4 Å². The number of nitrogens with zero attached hydrogens (tertiary/aromatic N) is 4. The van der Waals surface area contributed by atoms with Crippen LogP contribution in [0.1, 0.15) is 30.8 Å². The lowest BCUT2D eigenvalue weighted by Crippen LogP contribution is -2.29. The number of carbonyl (C=O) groups excluding carboxylic acids is 1. The zero-order valence-corrected chi connectivity index (χ0v) is 14.9. The largest absolute Gasteiger partial charge is 0.334 e. The van der Waals surface area contributed by atoms with E-state index in [1.54, 1.807) is 6.20 Å². The summed E-state index contributed by atoms with van der Waals surface area (Å²) in [6.45, 7) is 5.27. The van der Waals surface area contributed by atoms with E-state index in [1.165, 1.54) is 0 Å². The predicted molar refractivity (Wildman–Crippen MR) is 98.6 cm³/mol. The van der Waals surface area contributed by atoms with E-state index in [4.69, 9.17) is 0 Å². The Balaban J connectivity index is 1.55. The van der Waals surface area contributed by atoms with Gasteiger partial charge in [0.15, 0.2) is 0 Å². The monoisotopic (exact) mass is 353 g/mol. The molecule has 0 saturated heterocycles. The number of amides is 2. The van der Waals surface area contributed by atoms with Crippen LogP contribution in [0.3, 0.4) is 0 Å². The molecule has 0 bridgehead atoms. The molecule has 0 aliphatic carbocycles. The third kappa shape index (κ3) is 4.92. The van der Waals surface area contributed by atoms with Crippen LogP contribution in [0.2, 0.25) is 0 Å². The topological polar surface area (TPSA) is 101 Å². The minimum Gasteiger partial charge on any atom is -0.334 e. The molecule has 3 rings (SSSR count). The SMILES string of the molecule is CC(C)Cc1nc(NC(=O)NCc2ccccc2Cn2cccn2)n[nH]1. The second kappa shape index (κ2) is 8.28. The fraction of sp³-hybridized carbons (Fsp3) is 0.333. The van der Waals surface area contributed by atoms with Gasteiger partial charge in [-0.2, -0.15) is 10.1 Å². The third-order valence-corrected chi connectivity index (χ3v) is 3.81. The molecule has 2 amide bonds. The number of rotatable bonds is 7. The van der Waals surface area contributed by atoms with Crippen molar-refractivity contribution < 1.29 is 4.79 Å². The number of carbonyl (C=O) groups is 1. The van der Waals surface area contributed by atoms with Gasteiger partial charge in [-0.05, 0) is 23.1 Å². The maximum atomic E-state index is 12.1. The maximum absolute atomic E-state index is 12.1. The van der Waals surface area contributed by atoms with Gasteiger partial charge in [0.2, 0.25) is 5.95 Å². The number of nitrogens with one attached hydrogen (secondary N) is 3. The molecule has 0 atom stereocenters. The first kappa shape index (κ1) is 17.7. The molecular weight excluding hydrogens is 330 g/mol. The number of aromatic amines is 1. The molecule has 8 nitrogen and oxygen atoms in total. The molecule has 0 saturated carbocycles. The Morgan fingerprint density at radius 1 is 1.23 bits per heavy atom. The molecule has 136 valence electrons. The number of aromatic nitrogens is 5. The van der Waals surface area contributed by atoms with Crippen LogP contribution in [0.25, 0.3) is 0 Å². The molecule has 8 heteroatoms. The molecule has 26 heavy (non-hydrogen) atoms. The normalized spacial score (nSPS) is 10.9. The first-order chi connectivity index (χ1) is 12.6. The lowest BCUT2D eigenvalue weighted by atomic mass is 10.1. The average Bonchev–Trinajstić information content (AvgIpc) is 3.26. The molecule has 3 N–H and O–H groups in total. The molecule has 0 aliphatic heterocycles. The number of anilines is 1. The fourth-order valence-corrected chi connectivity index (χ4v) is 2.60. The summed E-state index contributed by atoms with van der Waals surface area (Å²) >= 11 is 0. The Kier molecular flexibility index (Phi) is 5.62. The van der Waals surface area contributed by atoms with Crippen molar-refractivity contribution >= 4 is 12.0 Å². The van der Waals surface area contributed by atoms with Gasteiger partial charge in [-0.1, -0.05) is 38.1 Å². The lowest BCUT2D eigenvalue weighted by molar-refractivity contribution is 0.251. The molecule has 0 unspecified atom stereocenters. The number of benzene rings is 1. The fourth-order valence-electron chi connectivity index (χ4n) is 2.60. The van der Waals surface area contributed by atoms with Gasteiger partial charge in [0.05, 0.1) is 6.54 Å². The van der Waals surface area contributed by atoms with Crippen LogP contribution in [-0.2, 0) is 19.5 Å². The van der Waals surface area contributed by atoms with E-state index in [0.29, 0.717) is 19.0 Å². The summed E-state index contributed by atoms with van der Waals surface area (Å²) in [6, 6.07) is 9.51. The quantitative estimate of drug-likeness (QED) is 0.608. The molecule has 0 aliphatic rings. The summed E-state index contributed by atoms with van der Waals surface area (Å²) in [6.07, 6.45) is 4.45. The van der Waals surface area contributed by atoms with Crippen molar-refractivity contribution in [3.8, 4) is 0 Å². The second-order valence-corrected chi connectivity index (χ2v) is 6.48. The van der Waals surface area contributed by atoms with Gasteiger partial charge in [0, 0.05) is 25.4 Å². The molecule has 0 spiro atoms. The van der Waals surface area contributed by atoms with Gasteiger partial charge >= 0.3 is 6.03 Å². The predicted octanol–water partition coefficient (Wildman–Crippen LogP) is 2.57. The highest BCUT2D eigenvalue weighted by Gasteiger charge is 2.09. The minimum atomic E-state index is -0.339. The van der Waals surface area contributed by atoms with Crippen molar-refractivity contribution in [2.45, 2.75) is 33.4 Å². The zero-order valence-electron chi connectivity index (χ0n) is 14.9. The van der Waals surface area contributed by atoms with Crippen molar-refractivity contribution in [3.05, 3.63) is 59.7 Å². The summed E-state index contributed by atoms with van der Waals surface area (Å²) in [4.78, 5) is 16.4. The molecular formula is C18H23N7O. The summed E-state index contributed by atoms with van der Waals surface area (Å²) in [7, 11) is 0. The van der Waals surface area contributed by atoms with E-state index in [9.17, 15) is 4.79 Å². The van der Waals surface area contributed by atoms with Gasteiger partial charge in [0.25, 0.3) is 0 Å². The average molecular weight is 353 g/mol. The van der Waals surface area contributed by atoms with Crippen molar-refractivity contribution in [3.63, 3.8) is 0 Å². The van der Waals surface area contributed by atoms with Crippen LogP contribution in [0.15, 0.2) is 42.7 Å². The smallest absolute Gasteiger partial charge is 0.321 e. The lowest BCUT2D eigenvalue weighted by Gasteiger charge is -2.11. The number of hydrogen-bond acceptors (Lipinski definition) is 4. The van der Waals surface area contributed by atoms with Crippen LogP contribution in [0.5, 0.6) is 0 Å². The minimum absolute atomic E-state index is 0.281. The van der Waals surface area contributed by atoms with Crippen molar-refractivity contribution in [1.29, 1.82) is 0 Å². The molecule has 0 fully saturated rings. The second-order valence-electron chi connectivity index (χ2n) is 6.48. The van der Waals surface area contributed by atoms with E-state index in [-0.39, 0.29) is 12.0 Å². The molecule has 1 aromatic carbocycles. The Morgan fingerprint density at radius 3 is 2.77 bits per heavy atom.